The van der Waals surface area contributed by atoms with Crippen LogP contribution >= 0.6 is 22.9 Å². The number of thiophene rings is 1. The van der Waals surface area contributed by atoms with E-state index in [1.807, 2.05) is 31.2 Å². The minimum absolute atomic E-state index is 0.266. The summed E-state index contributed by atoms with van der Waals surface area (Å²) in [6, 6.07) is 9.48. The summed E-state index contributed by atoms with van der Waals surface area (Å²) in [7, 11) is 3.25. The van der Waals surface area contributed by atoms with E-state index in [1.54, 1.807) is 20.3 Å². The van der Waals surface area contributed by atoms with Gasteiger partial charge in [0.2, 0.25) is 0 Å². The van der Waals surface area contributed by atoms with Gasteiger partial charge >= 0.3 is 0 Å². The number of methoxy groups -OCH3 is 2. The van der Waals surface area contributed by atoms with Crippen molar-refractivity contribution in [3.8, 4) is 11.5 Å². The molecule has 0 saturated carbocycles. The van der Waals surface area contributed by atoms with Crippen molar-refractivity contribution in [3.05, 3.63) is 45.1 Å². The maximum atomic E-state index is 10.2. The Kier molecular flexibility index (Phi) is 8.71. The van der Waals surface area contributed by atoms with Gasteiger partial charge in [-0.3, -0.25) is 4.99 Å². The number of halogens is 1. The van der Waals surface area contributed by atoms with Crippen molar-refractivity contribution in [3.63, 3.8) is 0 Å². The van der Waals surface area contributed by atoms with Gasteiger partial charge < -0.3 is 25.2 Å². The SMILES string of the molecule is CCNC(=NCC(O)c1ccc(Cl)s1)NCCc1ccc(OC)c(OC)c1. The molecule has 0 saturated heterocycles. The Hall–Kier alpha value is -1.96. The van der Waals surface area contributed by atoms with Crippen LogP contribution in [0.4, 0.5) is 0 Å². The molecule has 1 heterocycles. The molecule has 2 rings (SSSR count). The molecule has 0 radical (unpaired) electrons. The molecule has 0 aliphatic carbocycles. The molecule has 0 aliphatic heterocycles. The zero-order chi connectivity index (χ0) is 19.6. The fraction of sp³-hybridized carbons (Fsp3) is 0.421. The first kappa shape index (κ1) is 21.3. The number of nitrogens with one attached hydrogen (secondary N) is 2. The number of ether oxygens (including phenoxy) is 2. The monoisotopic (exact) mass is 411 g/mol. The van der Waals surface area contributed by atoms with Crippen molar-refractivity contribution >= 4 is 28.9 Å². The summed E-state index contributed by atoms with van der Waals surface area (Å²) in [5.74, 6) is 2.10. The summed E-state index contributed by atoms with van der Waals surface area (Å²) >= 11 is 7.28. The molecular weight excluding hydrogens is 386 g/mol. The second-order valence-electron chi connectivity index (χ2n) is 5.74. The molecule has 1 aromatic heterocycles. The summed E-state index contributed by atoms with van der Waals surface area (Å²) in [6.07, 6.45) is 0.136. The quantitative estimate of drug-likeness (QED) is 0.436. The lowest BCUT2D eigenvalue weighted by molar-refractivity contribution is 0.191. The van der Waals surface area contributed by atoms with Crippen LogP contribution in [-0.4, -0.2) is 44.9 Å². The van der Waals surface area contributed by atoms with E-state index in [1.165, 1.54) is 11.3 Å². The molecule has 1 aromatic carbocycles. The number of aliphatic hydroxyl groups excluding tert-OH is 1. The van der Waals surface area contributed by atoms with Crippen molar-refractivity contribution < 1.29 is 14.6 Å². The van der Waals surface area contributed by atoms with Gasteiger partial charge in [-0.2, -0.15) is 0 Å². The summed E-state index contributed by atoms with van der Waals surface area (Å²) in [6.45, 7) is 3.70. The highest BCUT2D eigenvalue weighted by Crippen LogP contribution is 2.28. The van der Waals surface area contributed by atoms with Crippen LogP contribution in [0.25, 0.3) is 0 Å². The third-order valence-electron chi connectivity index (χ3n) is 3.84. The van der Waals surface area contributed by atoms with E-state index < -0.39 is 6.10 Å². The van der Waals surface area contributed by atoms with Gasteiger partial charge in [-0.25, -0.2) is 0 Å². The van der Waals surface area contributed by atoms with Gasteiger partial charge in [0, 0.05) is 18.0 Å². The Labute approximate surface area is 169 Å². The maximum absolute atomic E-state index is 10.2. The number of nitrogens with zero attached hydrogens (tertiary/aromatic N) is 1. The Morgan fingerprint density at radius 3 is 2.59 bits per heavy atom. The smallest absolute Gasteiger partial charge is 0.191 e. The standard InChI is InChI=1S/C19H26ClN3O3S/c1-4-21-19(23-12-14(24)17-7-8-18(20)27-17)22-10-9-13-5-6-15(25-2)16(11-13)26-3/h5-8,11,14,24H,4,9-10,12H2,1-3H3,(H2,21,22,23). The molecule has 0 aliphatic rings. The summed E-state index contributed by atoms with van der Waals surface area (Å²) < 4.78 is 11.3. The molecule has 148 valence electrons. The van der Waals surface area contributed by atoms with E-state index in [-0.39, 0.29) is 6.54 Å². The minimum atomic E-state index is -0.663. The van der Waals surface area contributed by atoms with Crippen LogP contribution in [0.2, 0.25) is 4.34 Å². The Balaban J connectivity index is 1.90. The zero-order valence-corrected chi connectivity index (χ0v) is 17.4. The largest absolute Gasteiger partial charge is 0.493 e. The first-order valence-corrected chi connectivity index (χ1v) is 9.93. The molecule has 6 nitrogen and oxygen atoms in total. The van der Waals surface area contributed by atoms with Gasteiger partial charge in [0.25, 0.3) is 0 Å². The molecule has 0 amide bonds. The predicted molar refractivity (Wildman–Crippen MR) is 112 cm³/mol. The van der Waals surface area contributed by atoms with Crippen molar-refractivity contribution in [1.29, 1.82) is 0 Å². The number of benzene rings is 1. The molecule has 1 unspecified atom stereocenters. The molecule has 0 fully saturated rings. The van der Waals surface area contributed by atoms with Crippen LogP contribution in [0.3, 0.4) is 0 Å². The van der Waals surface area contributed by atoms with Gasteiger partial charge in [0.05, 0.1) is 25.1 Å². The van der Waals surface area contributed by atoms with Crippen molar-refractivity contribution in [2.45, 2.75) is 19.4 Å². The van der Waals surface area contributed by atoms with Crippen LogP contribution in [0.5, 0.6) is 11.5 Å². The lowest BCUT2D eigenvalue weighted by Gasteiger charge is -2.13. The fourth-order valence-electron chi connectivity index (χ4n) is 2.48. The summed E-state index contributed by atoms with van der Waals surface area (Å²) in [5.41, 5.74) is 1.13. The Morgan fingerprint density at radius 2 is 1.96 bits per heavy atom. The van der Waals surface area contributed by atoms with Crippen molar-refractivity contribution in [2.75, 3.05) is 33.9 Å². The first-order valence-electron chi connectivity index (χ1n) is 8.73. The van der Waals surface area contributed by atoms with Crippen molar-refractivity contribution in [2.24, 2.45) is 4.99 Å². The van der Waals surface area contributed by atoms with Crippen LogP contribution in [0, 0.1) is 0 Å². The normalized spacial score (nSPS) is 12.6. The number of rotatable bonds is 9. The highest BCUT2D eigenvalue weighted by Gasteiger charge is 2.10. The van der Waals surface area contributed by atoms with Crippen LogP contribution in [-0.2, 0) is 6.42 Å². The number of guanidine groups is 1. The van der Waals surface area contributed by atoms with E-state index in [4.69, 9.17) is 21.1 Å². The zero-order valence-electron chi connectivity index (χ0n) is 15.8. The summed E-state index contributed by atoms with van der Waals surface area (Å²) in [4.78, 5) is 5.26. The third-order valence-corrected chi connectivity index (χ3v) is 5.18. The third kappa shape index (κ3) is 6.61. The molecule has 27 heavy (non-hydrogen) atoms. The van der Waals surface area contributed by atoms with Gasteiger partial charge in [-0.05, 0) is 43.2 Å². The number of hydrogen-bond acceptors (Lipinski definition) is 5. The second kappa shape index (κ2) is 11.0. The van der Waals surface area contributed by atoms with E-state index in [2.05, 4.69) is 15.6 Å². The molecule has 8 heteroatoms. The molecule has 0 spiro atoms. The van der Waals surface area contributed by atoms with Gasteiger partial charge in [-0.1, -0.05) is 17.7 Å². The van der Waals surface area contributed by atoms with E-state index >= 15 is 0 Å². The van der Waals surface area contributed by atoms with E-state index in [9.17, 15) is 5.11 Å². The lowest BCUT2D eigenvalue weighted by atomic mass is 10.1. The lowest BCUT2D eigenvalue weighted by Crippen LogP contribution is -2.38. The minimum Gasteiger partial charge on any atom is -0.493 e. The van der Waals surface area contributed by atoms with Gasteiger partial charge in [0.1, 0.15) is 6.10 Å². The first-order chi connectivity index (χ1) is 13.1. The number of hydrogen-bond donors (Lipinski definition) is 3. The molecular formula is C19H26ClN3O3S. The highest BCUT2D eigenvalue weighted by atomic mass is 35.5. The van der Waals surface area contributed by atoms with Crippen LogP contribution in [0.1, 0.15) is 23.5 Å². The average molecular weight is 412 g/mol. The highest BCUT2D eigenvalue weighted by molar-refractivity contribution is 7.16. The fourth-order valence-corrected chi connectivity index (χ4v) is 3.52. The topological polar surface area (TPSA) is 75.1 Å². The van der Waals surface area contributed by atoms with Crippen LogP contribution in [0.15, 0.2) is 35.3 Å². The molecule has 1 atom stereocenters. The predicted octanol–water partition coefficient (Wildman–Crippen LogP) is 3.25. The number of aliphatic hydroxyl groups is 1. The average Bonchev–Trinajstić information content (AvgIpc) is 3.12. The van der Waals surface area contributed by atoms with Gasteiger partial charge in [-0.15, -0.1) is 11.3 Å². The maximum Gasteiger partial charge on any atom is 0.191 e. The van der Waals surface area contributed by atoms with Crippen LogP contribution < -0.4 is 20.1 Å². The van der Waals surface area contributed by atoms with E-state index in [0.717, 1.165) is 23.4 Å². The number of aliphatic imine (C=N–C) groups is 1. The van der Waals surface area contributed by atoms with Gasteiger partial charge in [0.15, 0.2) is 17.5 Å². The second-order valence-corrected chi connectivity index (χ2v) is 7.49. The Bertz CT molecular complexity index is 752. The van der Waals surface area contributed by atoms with E-state index in [0.29, 0.717) is 28.3 Å². The molecule has 3 N–H and O–H groups in total. The Morgan fingerprint density at radius 1 is 1.19 bits per heavy atom. The summed E-state index contributed by atoms with van der Waals surface area (Å²) in [5, 5.41) is 16.7. The molecule has 2 aromatic rings. The van der Waals surface area contributed by atoms with Crippen molar-refractivity contribution in [1.82, 2.24) is 10.6 Å². The molecule has 0 bridgehead atoms.